The van der Waals surface area contributed by atoms with E-state index < -0.39 is 0 Å². The number of likely N-dealkylation sites (N-methyl/N-ethyl adjacent to an activating group) is 1. The molecule has 1 aliphatic carbocycles. The molecule has 0 spiro atoms. The molecule has 4 nitrogen and oxygen atoms in total. The molecule has 1 aliphatic rings. The van der Waals surface area contributed by atoms with E-state index in [0.29, 0.717) is 31.0 Å². The third-order valence-corrected chi connectivity index (χ3v) is 7.24. The van der Waals surface area contributed by atoms with Crippen molar-refractivity contribution in [3.8, 4) is 24.2 Å². The molecule has 194 valence electrons. The van der Waals surface area contributed by atoms with E-state index in [1.807, 2.05) is 37.4 Å². The number of nitrogens with one attached hydrogen (secondary N) is 1. The van der Waals surface area contributed by atoms with Gasteiger partial charge in [-0.2, -0.15) is 16.9 Å². The predicted octanol–water partition coefficient (Wildman–Crippen LogP) is 6.97. The fourth-order valence-corrected chi connectivity index (χ4v) is 4.93. The number of hydrogen-bond donors (Lipinski definition) is 1. The van der Waals surface area contributed by atoms with Crippen LogP contribution in [0.2, 0.25) is 0 Å². The van der Waals surface area contributed by atoms with Crippen molar-refractivity contribution >= 4 is 52.1 Å². The van der Waals surface area contributed by atoms with E-state index in [4.69, 9.17) is 23.1 Å². The molecular formula is C31H31ClN4S2. The number of nitrogens with zero attached hydrogens (tertiary/aromatic N) is 3. The second-order valence-electron chi connectivity index (χ2n) is 8.14. The van der Waals surface area contributed by atoms with Gasteiger partial charge >= 0.3 is 0 Å². The molecule has 0 bridgehead atoms. The highest BCUT2D eigenvalue weighted by molar-refractivity contribution is 7.98. The van der Waals surface area contributed by atoms with E-state index in [0.717, 1.165) is 33.3 Å². The van der Waals surface area contributed by atoms with Crippen molar-refractivity contribution in [2.24, 2.45) is 5.10 Å². The lowest BCUT2D eigenvalue weighted by molar-refractivity contribution is 0.456. The fraction of sp³-hybridized carbons (Fsp3) is 0.226. The van der Waals surface area contributed by atoms with Gasteiger partial charge in [0.1, 0.15) is 0 Å². The standard InChI is InChI=1S/C31H31ClN4S2/c1-4-12-25(13-9-11-22-37-3)31-20-19-28(38-31)18-17-27(24-33-23-26-14-8-10-21-34-26)35-36(2)30-16-7-5-6-15-29(30)32/h1,8-11,13-21,33H,7,12,22-24H2,2-3H3/b11-9-,18-17+,25-13+,35-27+. The van der Waals surface area contributed by atoms with Gasteiger partial charge in [-0.1, -0.05) is 47.7 Å². The van der Waals surface area contributed by atoms with E-state index in [1.54, 1.807) is 40.4 Å². The lowest BCUT2D eigenvalue weighted by Crippen LogP contribution is -2.24. The quantitative estimate of drug-likeness (QED) is 0.125. The van der Waals surface area contributed by atoms with Crippen LogP contribution in [0.1, 0.15) is 28.3 Å². The number of allylic oxidation sites excluding steroid dienone is 6. The van der Waals surface area contributed by atoms with Crippen molar-refractivity contribution < 1.29 is 0 Å². The molecule has 0 saturated heterocycles. The molecule has 2 heterocycles. The first kappa shape index (κ1) is 29.3. The minimum absolute atomic E-state index is 0.559. The maximum absolute atomic E-state index is 6.45. The van der Waals surface area contributed by atoms with Crippen molar-refractivity contribution in [3.05, 3.63) is 99.2 Å². The minimum Gasteiger partial charge on any atom is -0.305 e. The van der Waals surface area contributed by atoms with Crippen molar-refractivity contribution in [2.45, 2.75) is 19.4 Å². The van der Waals surface area contributed by atoms with Gasteiger partial charge in [0.2, 0.25) is 0 Å². The van der Waals surface area contributed by atoms with Gasteiger partial charge in [0.05, 0.1) is 22.1 Å². The van der Waals surface area contributed by atoms with Gasteiger partial charge in [0.25, 0.3) is 0 Å². The van der Waals surface area contributed by atoms with E-state index >= 15 is 0 Å². The van der Waals surface area contributed by atoms with Crippen LogP contribution >= 0.6 is 34.7 Å². The first-order valence-electron chi connectivity index (χ1n) is 12.1. The zero-order valence-electron chi connectivity index (χ0n) is 21.7. The van der Waals surface area contributed by atoms with Crippen LogP contribution in [0, 0.1) is 24.2 Å². The molecule has 0 aliphatic heterocycles. The summed E-state index contributed by atoms with van der Waals surface area (Å²) in [6.45, 7) is 1.20. The van der Waals surface area contributed by atoms with E-state index in [9.17, 15) is 0 Å². The summed E-state index contributed by atoms with van der Waals surface area (Å²) in [5.74, 6) is 9.74. The first-order valence-corrected chi connectivity index (χ1v) is 14.7. The largest absolute Gasteiger partial charge is 0.305 e. The van der Waals surface area contributed by atoms with Crippen molar-refractivity contribution in [1.29, 1.82) is 0 Å². The normalized spacial score (nSPS) is 14.1. The summed E-state index contributed by atoms with van der Waals surface area (Å²) in [5.41, 5.74) is 3.79. The highest BCUT2D eigenvalue weighted by Gasteiger charge is 2.10. The summed E-state index contributed by atoms with van der Waals surface area (Å²) in [6.07, 6.45) is 24.9. The summed E-state index contributed by atoms with van der Waals surface area (Å²) in [6, 6.07) is 10.1. The molecule has 0 aromatic carbocycles. The Balaban J connectivity index is 1.79. The van der Waals surface area contributed by atoms with Crippen LogP contribution in [0.25, 0.3) is 11.6 Å². The smallest absolute Gasteiger partial charge is 0.0753 e. The minimum atomic E-state index is 0.559. The van der Waals surface area contributed by atoms with Gasteiger partial charge < -0.3 is 5.32 Å². The van der Waals surface area contributed by atoms with Gasteiger partial charge in [-0.25, -0.2) is 0 Å². The van der Waals surface area contributed by atoms with Crippen LogP contribution in [-0.4, -0.2) is 41.3 Å². The number of thiophene rings is 1. The Bertz CT molecular complexity index is 1350. The number of halogens is 1. The number of pyridine rings is 1. The summed E-state index contributed by atoms with van der Waals surface area (Å²) in [4.78, 5) is 6.68. The van der Waals surface area contributed by atoms with Gasteiger partial charge in [-0.3, -0.25) is 9.99 Å². The number of hydrazone groups is 1. The molecule has 0 fully saturated rings. The van der Waals surface area contributed by atoms with Crippen LogP contribution in [-0.2, 0) is 6.54 Å². The maximum Gasteiger partial charge on any atom is 0.0753 e. The van der Waals surface area contributed by atoms with E-state index in [-0.39, 0.29) is 0 Å². The molecule has 3 rings (SSSR count). The van der Waals surface area contributed by atoms with E-state index in [1.165, 1.54) is 4.88 Å². The van der Waals surface area contributed by atoms with E-state index in [2.05, 4.69) is 70.8 Å². The van der Waals surface area contributed by atoms with Gasteiger partial charge in [0.15, 0.2) is 0 Å². The molecule has 38 heavy (non-hydrogen) atoms. The monoisotopic (exact) mass is 558 g/mol. The van der Waals surface area contributed by atoms with Crippen molar-refractivity contribution in [3.63, 3.8) is 0 Å². The molecule has 7 heteroatoms. The molecule has 0 atom stereocenters. The van der Waals surface area contributed by atoms with Gasteiger partial charge in [-0.15, -0.1) is 23.7 Å². The van der Waals surface area contributed by atoms with Crippen LogP contribution in [0.15, 0.2) is 88.8 Å². The molecular weight excluding hydrogens is 528 g/mol. The third kappa shape index (κ3) is 9.89. The molecule has 2 aromatic heterocycles. The number of aromatic nitrogens is 1. The Morgan fingerprint density at radius 2 is 2.26 bits per heavy atom. The molecule has 1 N–H and O–H groups in total. The highest BCUT2D eigenvalue weighted by atomic mass is 35.5. The Kier molecular flexibility index (Phi) is 12.8. The number of rotatable bonds is 13. The molecule has 0 amide bonds. The van der Waals surface area contributed by atoms with Crippen molar-refractivity contribution in [1.82, 2.24) is 15.3 Å². The van der Waals surface area contributed by atoms with Gasteiger partial charge in [0, 0.05) is 60.8 Å². The highest BCUT2D eigenvalue weighted by Crippen LogP contribution is 2.27. The number of thioether (sulfide) groups is 1. The zero-order valence-corrected chi connectivity index (χ0v) is 24.0. The van der Waals surface area contributed by atoms with Gasteiger partial charge in [-0.05, 0) is 54.3 Å². The second kappa shape index (κ2) is 16.6. The summed E-state index contributed by atoms with van der Waals surface area (Å²) < 4.78 is 0. The lowest BCUT2D eigenvalue weighted by Gasteiger charge is -2.18. The SMILES string of the molecule is C#CC/C(=C\C=C/CSC)c1ccc(/C=C/C(CNCc2ccccn2)=N\N(C)C2=CCC#CC=C2Cl)s1. The first-order chi connectivity index (χ1) is 18.6. The van der Waals surface area contributed by atoms with Crippen LogP contribution in [0.5, 0.6) is 0 Å². The third-order valence-electron chi connectivity index (χ3n) is 5.28. The number of terminal acetylenes is 1. The molecule has 2 aromatic rings. The average molecular weight is 559 g/mol. The lowest BCUT2D eigenvalue weighted by atomic mass is 10.1. The van der Waals surface area contributed by atoms with Crippen LogP contribution in [0.3, 0.4) is 0 Å². The molecule has 0 radical (unpaired) electrons. The topological polar surface area (TPSA) is 40.5 Å². The summed E-state index contributed by atoms with van der Waals surface area (Å²) in [7, 11) is 1.89. The fourth-order valence-electron chi connectivity index (χ4n) is 3.44. The number of hydrogen-bond acceptors (Lipinski definition) is 6. The summed E-state index contributed by atoms with van der Waals surface area (Å²) in [5, 5.41) is 10.7. The Morgan fingerprint density at radius 1 is 1.37 bits per heavy atom. The predicted molar refractivity (Wildman–Crippen MR) is 168 cm³/mol. The van der Waals surface area contributed by atoms with Crippen LogP contribution < -0.4 is 5.32 Å². The Morgan fingerprint density at radius 3 is 3.05 bits per heavy atom. The van der Waals surface area contributed by atoms with Crippen LogP contribution in [0.4, 0.5) is 0 Å². The maximum atomic E-state index is 6.45. The summed E-state index contributed by atoms with van der Waals surface area (Å²) >= 11 is 9.95. The Labute approximate surface area is 240 Å². The second-order valence-corrected chi connectivity index (χ2v) is 10.6. The molecule has 0 unspecified atom stereocenters. The zero-order chi connectivity index (χ0) is 27.0. The average Bonchev–Trinajstić information content (AvgIpc) is 3.29. The Hall–Kier alpha value is -3.26. The molecule has 0 saturated carbocycles. The van der Waals surface area contributed by atoms with Crippen molar-refractivity contribution in [2.75, 3.05) is 25.6 Å².